The summed E-state index contributed by atoms with van der Waals surface area (Å²) < 4.78 is 5.86. The lowest BCUT2D eigenvalue weighted by molar-refractivity contribution is -0.0449. The summed E-state index contributed by atoms with van der Waals surface area (Å²) in [5.41, 5.74) is 0. The highest BCUT2D eigenvalue weighted by Gasteiger charge is 2.24. The van der Waals surface area contributed by atoms with Crippen LogP contribution in [0.2, 0.25) is 0 Å². The topological polar surface area (TPSA) is 15.7 Å². The van der Waals surface area contributed by atoms with Crippen LogP contribution < -0.4 is 0 Å². The Morgan fingerprint density at radius 2 is 1.94 bits per heavy atom. The molecule has 3 nitrogen and oxygen atoms in total. The molecule has 2 fully saturated rings. The number of nitrogens with zero attached hydrogens (tertiary/aromatic N) is 2. The van der Waals surface area contributed by atoms with Gasteiger partial charge in [-0.2, -0.15) is 0 Å². The molecule has 4 heteroatoms. The van der Waals surface area contributed by atoms with Crippen molar-refractivity contribution < 1.29 is 4.74 Å². The molecular formula is C13H25ClN2O. The van der Waals surface area contributed by atoms with E-state index in [1.165, 1.54) is 25.9 Å². The zero-order valence-electron chi connectivity index (χ0n) is 10.9. The van der Waals surface area contributed by atoms with Crippen LogP contribution in [-0.2, 0) is 4.74 Å². The molecule has 0 bridgehead atoms. The van der Waals surface area contributed by atoms with Crippen LogP contribution in [0.25, 0.3) is 0 Å². The predicted octanol–water partition coefficient (Wildman–Crippen LogP) is 1.66. The van der Waals surface area contributed by atoms with Crippen molar-refractivity contribution in [1.29, 1.82) is 0 Å². The van der Waals surface area contributed by atoms with E-state index >= 15 is 0 Å². The highest BCUT2D eigenvalue weighted by Crippen LogP contribution is 2.19. The number of ether oxygens (including phenoxy) is 1. The average molecular weight is 261 g/mol. The van der Waals surface area contributed by atoms with Crippen molar-refractivity contribution in [3.8, 4) is 0 Å². The van der Waals surface area contributed by atoms with E-state index in [-0.39, 0.29) is 0 Å². The van der Waals surface area contributed by atoms with Gasteiger partial charge in [0.2, 0.25) is 0 Å². The highest BCUT2D eigenvalue weighted by molar-refractivity contribution is 6.18. The molecule has 100 valence electrons. The number of morpholine rings is 1. The first-order valence-electron chi connectivity index (χ1n) is 6.94. The lowest BCUT2D eigenvalue weighted by Gasteiger charge is -2.37. The molecule has 17 heavy (non-hydrogen) atoms. The van der Waals surface area contributed by atoms with Crippen LogP contribution in [0.15, 0.2) is 0 Å². The lowest BCUT2D eigenvalue weighted by atomic mass is 9.99. The van der Waals surface area contributed by atoms with Crippen LogP contribution >= 0.6 is 11.6 Å². The molecule has 0 radical (unpaired) electrons. The number of hydrogen-bond acceptors (Lipinski definition) is 3. The second kappa shape index (κ2) is 6.93. The molecule has 2 aliphatic rings. The smallest absolute Gasteiger partial charge is 0.0829 e. The molecule has 0 aromatic heterocycles. The van der Waals surface area contributed by atoms with E-state index in [9.17, 15) is 0 Å². The quantitative estimate of drug-likeness (QED) is 0.715. The van der Waals surface area contributed by atoms with Crippen molar-refractivity contribution >= 4 is 11.6 Å². The molecule has 0 aromatic carbocycles. The maximum Gasteiger partial charge on any atom is 0.0829 e. The summed E-state index contributed by atoms with van der Waals surface area (Å²) in [5.74, 6) is 1.57. The van der Waals surface area contributed by atoms with E-state index < -0.39 is 0 Å². The minimum Gasteiger partial charge on any atom is -0.374 e. The predicted molar refractivity (Wildman–Crippen MR) is 71.7 cm³/mol. The molecule has 1 unspecified atom stereocenters. The second-order valence-corrected chi connectivity index (χ2v) is 5.59. The summed E-state index contributed by atoms with van der Waals surface area (Å²) in [4.78, 5) is 5.03. The van der Waals surface area contributed by atoms with Gasteiger partial charge in [0.05, 0.1) is 12.7 Å². The number of piperidine rings is 1. The van der Waals surface area contributed by atoms with E-state index in [2.05, 4.69) is 16.7 Å². The maximum absolute atomic E-state index is 5.91. The van der Waals surface area contributed by atoms with Gasteiger partial charge in [-0.15, -0.1) is 11.6 Å². The molecule has 0 N–H and O–H groups in total. The number of hydrogen-bond donors (Lipinski definition) is 0. The normalized spacial score (nSPS) is 29.6. The average Bonchev–Trinajstić information content (AvgIpc) is 2.40. The van der Waals surface area contributed by atoms with Gasteiger partial charge >= 0.3 is 0 Å². The number of rotatable bonds is 4. The van der Waals surface area contributed by atoms with Gasteiger partial charge in [0, 0.05) is 25.5 Å². The van der Waals surface area contributed by atoms with Gasteiger partial charge in [0.25, 0.3) is 0 Å². The van der Waals surface area contributed by atoms with E-state index in [1.807, 2.05) is 0 Å². The van der Waals surface area contributed by atoms with Crippen molar-refractivity contribution in [2.24, 2.45) is 5.92 Å². The van der Waals surface area contributed by atoms with Crippen LogP contribution in [0.1, 0.15) is 19.8 Å². The first-order chi connectivity index (χ1) is 8.31. The summed E-state index contributed by atoms with van der Waals surface area (Å²) in [7, 11) is 0. The third kappa shape index (κ3) is 4.09. The summed E-state index contributed by atoms with van der Waals surface area (Å²) >= 11 is 5.91. The van der Waals surface area contributed by atoms with Gasteiger partial charge in [0.1, 0.15) is 0 Å². The summed E-state index contributed by atoms with van der Waals surface area (Å²) in [5, 5.41) is 0. The van der Waals surface area contributed by atoms with Crippen LogP contribution in [0, 0.1) is 5.92 Å². The van der Waals surface area contributed by atoms with Crippen molar-refractivity contribution in [2.45, 2.75) is 25.9 Å². The van der Waals surface area contributed by atoms with Gasteiger partial charge in [0.15, 0.2) is 0 Å². The zero-order chi connectivity index (χ0) is 12.1. The molecule has 0 aromatic rings. The first-order valence-corrected chi connectivity index (χ1v) is 7.47. The van der Waals surface area contributed by atoms with E-state index in [0.717, 1.165) is 44.6 Å². The van der Waals surface area contributed by atoms with Crippen LogP contribution in [0.5, 0.6) is 0 Å². The first kappa shape index (κ1) is 13.6. The van der Waals surface area contributed by atoms with E-state index in [1.54, 1.807) is 0 Å². The third-order valence-electron chi connectivity index (χ3n) is 4.06. The Bertz CT molecular complexity index is 219. The minimum absolute atomic E-state index is 0.413. The van der Waals surface area contributed by atoms with Crippen molar-refractivity contribution in [3.63, 3.8) is 0 Å². The molecule has 2 saturated heterocycles. The van der Waals surface area contributed by atoms with Crippen LogP contribution in [-0.4, -0.2) is 67.7 Å². The van der Waals surface area contributed by atoms with Crippen molar-refractivity contribution in [3.05, 3.63) is 0 Å². The molecule has 2 heterocycles. The number of alkyl halides is 1. The SMILES string of the molecule is CCN1CCOC(CN2CCC(CCl)CC2)C1. The number of likely N-dealkylation sites (N-methyl/N-ethyl adjacent to an activating group) is 1. The van der Waals surface area contributed by atoms with E-state index in [4.69, 9.17) is 16.3 Å². The fourth-order valence-corrected chi connectivity index (χ4v) is 3.10. The lowest BCUT2D eigenvalue weighted by Crippen LogP contribution is -2.48. The fraction of sp³-hybridized carbons (Fsp3) is 1.00. The van der Waals surface area contributed by atoms with Gasteiger partial charge < -0.3 is 9.64 Å². The van der Waals surface area contributed by atoms with Gasteiger partial charge in [-0.3, -0.25) is 4.90 Å². The summed E-state index contributed by atoms with van der Waals surface area (Å²) in [6, 6.07) is 0. The number of likely N-dealkylation sites (tertiary alicyclic amines) is 1. The second-order valence-electron chi connectivity index (χ2n) is 5.28. The van der Waals surface area contributed by atoms with Gasteiger partial charge in [-0.25, -0.2) is 0 Å². The summed E-state index contributed by atoms with van der Waals surface area (Å²) in [6.45, 7) is 9.98. The Morgan fingerprint density at radius 1 is 1.18 bits per heavy atom. The molecule has 0 amide bonds. The fourth-order valence-electron chi connectivity index (χ4n) is 2.79. The Kier molecular flexibility index (Phi) is 5.54. The Hall–Kier alpha value is 0.170. The highest BCUT2D eigenvalue weighted by atomic mass is 35.5. The van der Waals surface area contributed by atoms with Crippen LogP contribution in [0.3, 0.4) is 0 Å². The third-order valence-corrected chi connectivity index (χ3v) is 4.49. The van der Waals surface area contributed by atoms with Gasteiger partial charge in [-0.1, -0.05) is 6.92 Å². The molecular weight excluding hydrogens is 236 g/mol. The molecule has 0 spiro atoms. The number of halogens is 1. The van der Waals surface area contributed by atoms with E-state index in [0.29, 0.717) is 6.10 Å². The molecule has 0 aliphatic carbocycles. The van der Waals surface area contributed by atoms with Crippen molar-refractivity contribution in [2.75, 3.05) is 51.8 Å². The Balaban J connectivity index is 1.70. The molecule has 2 aliphatic heterocycles. The summed E-state index contributed by atoms with van der Waals surface area (Å²) in [6.07, 6.45) is 2.93. The van der Waals surface area contributed by atoms with Crippen molar-refractivity contribution in [1.82, 2.24) is 9.80 Å². The van der Waals surface area contributed by atoms with Gasteiger partial charge in [-0.05, 0) is 38.4 Å². The molecule has 0 saturated carbocycles. The monoisotopic (exact) mass is 260 g/mol. The molecule has 1 atom stereocenters. The Labute approximate surface area is 110 Å². The standard InChI is InChI=1S/C13H25ClN2O/c1-2-15-7-8-17-13(10-15)11-16-5-3-12(9-14)4-6-16/h12-13H,2-11H2,1H3. The largest absolute Gasteiger partial charge is 0.374 e. The minimum atomic E-state index is 0.413. The molecule has 2 rings (SSSR count). The van der Waals surface area contributed by atoms with Crippen LogP contribution in [0.4, 0.5) is 0 Å². The maximum atomic E-state index is 5.91. The zero-order valence-corrected chi connectivity index (χ0v) is 11.7. The Morgan fingerprint density at radius 3 is 2.59 bits per heavy atom.